The van der Waals surface area contributed by atoms with Crippen molar-refractivity contribution in [1.29, 1.82) is 0 Å². The van der Waals surface area contributed by atoms with Crippen LogP contribution >= 0.6 is 34.5 Å². The Bertz CT molecular complexity index is 846. The van der Waals surface area contributed by atoms with Gasteiger partial charge in [-0.25, -0.2) is 0 Å². The van der Waals surface area contributed by atoms with Gasteiger partial charge in [-0.15, -0.1) is 21.5 Å². The maximum atomic E-state index is 12.3. The molecule has 0 aliphatic rings. The number of amides is 1. The SMILES string of the molecule is CN(Cc1ccc(Cl)s1)C(=O)Cn1nnc(-c2ccc(Cl)cc2)n1. The van der Waals surface area contributed by atoms with Crippen LogP contribution in [-0.4, -0.2) is 38.1 Å². The first-order valence-electron chi connectivity index (χ1n) is 7.03. The first kappa shape index (κ1) is 16.9. The summed E-state index contributed by atoms with van der Waals surface area (Å²) in [6.45, 7) is 0.519. The van der Waals surface area contributed by atoms with Crippen LogP contribution in [-0.2, 0) is 17.9 Å². The summed E-state index contributed by atoms with van der Waals surface area (Å²) in [5.41, 5.74) is 0.791. The van der Waals surface area contributed by atoms with E-state index in [4.69, 9.17) is 23.2 Å². The molecule has 2 heterocycles. The van der Waals surface area contributed by atoms with E-state index in [-0.39, 0.29) is 12.5 Å². The van der Waals surface area contributed by atoms with E-state index in [2.05, 4.69) is 15.4 Å². The molecule has 0 radical (unpaired) electrons. The Morgan fingerprint density at radius 2 is 1.96 bits per heavy atom. The zero-order chi connectivity index (χ0) is 17.1. The Morgan fingerprint density at radius 3 is 2.62 bits per heavy atom. The molecule has 2 aromatic heterocycles. The lowest BCUT2D eigenvalue weighted by atomic mass is 10.2. The number of halogens is 2. The molecule has 0 saturated carbocycles. The lowest BCUT2D eigenvalue weighted by Gasteiger charge is -2.15. The number of carbonyl (C=O) groups is 1. The van der Waals surface area contributed by atoms with Gasteiger partial charge in [-0.2, -0.15) is 4.80 Å². The fraction of sp³-hybridized carbons (Fsp3) is 0.200. The Labute approximate surface area is 152 Å². The molecule has 6 nitrogen and oxygen atoms in total. The first-order chi connectivity index (χ1) is 11.5. The number of nitrogens with zero attached hydrogens (tertiary/aromatic N) is 5. The number of aromatic nitrogens is 4. The summed E-state index contributed by atoms with van der Waals surface area (Å²) < 4.78 is 0.705. The average Bonchev–Trinajstić information content (AvgIpc) is 3.17. The maximum Gasteiger partial charge on any atom is 0.246 e. The highest BCUT2D eigenvalue weighted by molar-refractivity contribution is 7.16. The van der Waals surface area contributed by atoms with Crippen LogP contribution in [0.4, 0.5) is 0 Å². The van der Waals surface area contributed by atoms with Crippen molar-refractivity contribution in [2.75, 3.05) is 7.05 Å². The number of likely N-dealkylation sites (N-methyl/N-ethyl adjacent to an activating group) is 1. The number of hydrogen-bond donors (Lipinski definition) is 0. The highest BCUT2D eigenvalue weighted by Gasteiger charge is 2.14. The van der Waals surface area contributed by atoms with E-state index < -0.39 is 0 Å². The van der Waals surface area contributed by atoms with E-state index in [0.717, 1.165) is 10.4 Å². The molecule has 0 N–H and O–H groups in total. The van der Waals surface area contributed by atoms with E-state index in [9.17, 15) is 4.79 Å². The van der Waals surface area contributed by atoms with Gasteiger partial charge < -0.3 is 4.90 Å². The lowest BCUT2D eigenvalue weighted by molar-refractivity contribution is -0.131. The highest BCUT2D eigenvalue weighted by atomic mass is 35.5. The van der Waals surface area contributed by atoms with Gasteiger partial charge >= 0.3 is 0 Å². The van der Waals surface area contributed by atoms with Crippen molar-refractivity contribution in [3.8, 4) is 11.4 Å². The number of rotatable bonds is 5. The van der Waals surface area contributed by atoms with Crippen molar-refractivity contribution in [1.82, 2.24) is 25.1 Å². The van der Waals surface area contributed by atoms with E-state index >= 15 is 0 Å². The Kier molecular flexibility index (Phi) is 5.13. The molecular weight excluding hydrogens is 369 g/mol. The van der Waals surface area contributed by atoms with Crippen LogP contribution in [0, 0.1) is 0 Å². The summed E-state index contributed by atoms with van der Waals surface area (Å²) in [6, 6.07) is 10.8. The van der Waals surface area contributed by atoms with Crippen molar-refractivity contribution in [2.24, 2.45) is 0 Å². The largest absolute Gasteiger partial charge is 0.339 e. The van der Waals surface area contributed by atoms with Gasteiger partial charge in [-0.1, -0.05) is 23.2 Å². The summed E-state index contributed by atoms with van der Waals surface area (Å²) in [4.78, 5) is 16.2. The number of tetrazole rings is 1. The predicted molar refractivity (Wildman–Crippen MR) is 94.1 cm³/mol. The minimum Gasteiger partial charge on any atom is -0.339 e. The van der Waals surface area contributed by atoms with Gasteiger partial charge in [0, 0.05) is 22.5 Å². The van der Waals surface area contributed by atoms with Crippen molar-refractivity contribution in [3.63, 3.8) is 0 Å². The molecule has 0 aliphatic heterocycles. The molecule has 0 spiro atoms. The van der Waals surface area contributed by atoms with Crippen LogP contribution in [0.1, 0.15) is 4.88 Å². The van der Waals surface area contributed by atoms with Crippen LogP contribution in [0.3, 0.4) is 0 Å². The molecule has 0 bridgehead atoms. The number of carbonyl (C=O) groups excluding carboxylic acids is 1. The average molecular weight is 382 g/mol. The minimum atomic E-state index is -0.112. The van der Waals surface area contributed by atoms with Crippen molar-refractivity contribution in [3.05, 3.63) is 50.6 Å². The fourth-order valence-corrected chi connectivity index (χ4v) is 3.29. The smallest absolute Gasteiger partial charge is 0.246 e. The van der Waals surface area contributed by atoms with Crippen LogP contribution in [0.2, 0.25) is 9.36 Å². The maximum absolute atomic E-state index is 12.3. The van der Waals surface area contributed by atoms with Gasteiger partial charge in [-0.05, 0) is 41.6 Å². The van der Waals surface area contributed by atoms with Gasteiger partial charge in [0.15, 0.2) is 0 Å². The highest BCUT2D eigenvalue weighted by Crippen LogP contribution is 2.22. The lowest BCUT2D eigenvalue weighted by Crippen LogP contribution is -2.30. The van der Waals surface area contributed by atoms with Crippen LogP contribution in [0.5, 0.6) is 0 Å². The van der Waals surface area contributed by atoms with Crippen molar-refractivity contribution >= 4 is 40.4 Å². The van der Waals surface area contributed by atoms with E-state index in [0.29, 0.717) is 21.7 Å². The molecular formula is C15H13Cl2N5OS. The standard InChI is InChI=1S/C15H13Cl2N5OS/c1-21(8-12-6-7-13(17)24-12)14(23)9-22-19-15(18-20-22)10-2-4-11(16)5-3-10/h2-7H,8-9H2,1H3. The van der Waals surface area contributed by atoms with Crippen molar-refractivity contribution < 1.29 is 4.79 Å². The van der Waals surface area contributed by atoms with E-state index in [1.54, 1.807) is 36.2 Å². The van der Waals surface area contributed by atoms with Crippen LogP contribution in [0.25, 0.3) is 11.4 Å². The fourth-order valence-electron chi connectivity index (χ4n) is 2.03. The van der Waals surface area contributed by atoms with Crippen LogP contribution < -0.4 is 0 Å². The second-order valence-corrected chi connectivity index (χ2v) is 7.34. The molecule has 3 rings (SSSR count). The molecule has 0 aliphatic carbocycles. The molecule has 124 valence electrons. The molecule has 9 heteroatoms. The molecule has 1 aromatic carbocycles. The van der Waals surface area contributed by atoms with Gasteiger partial charge in [0.2, 0.25) is 11.7 Å². The zero-order valence-electron chi connectivity index (χ0n) is 12.7. The number of thiophene rings is 1. The molecule has 0 unspecified atom stereocenters. The van der Waals surface area contributed by atoms with E-state index in [1.807, 2.05) is 12.1 Å². The van der Waals surface area contributed by atoms with Crippen molar-refractivity contribution in [2.45, 2.75) is 13.1 Å². The summed E-state index contributed by atoms with van der Waals surface area (Å²) in [5.74, 6) is 0.340. The number of benzene rings is 1. The summed E-state index contributed by atoms with van der Waals surface area (Å²) >= 11 is 13.2. The van der Waals surface area contributed by atoms with Gasteiger partial charge in [0.1, 0.15) is 6.54 Å². The molecule has 0 atom stereocenters. The molecule has 1 amide bonds. The Morgan fingerprint density at radius 1 is 1.21 bits per heavy atom. The van der Waals surface area contributed by atoms with Gasteiger partial charge in [-0.3, -0.25) is 4.79 Å². The normalized spacial score (nSPS) is 10.8. The predicted octanol–water partition coefficient (Wildman–Crippen LogP) is 3.37. The molecule has 3 aromatic rings. The van der Waals surface area contributed by atoms with Gasteiger partial charge in [0.05, 0.1) is 10.9 Å². The Hall–Kier alpha value is -1.96. The second-order valence-electron chi connectivity index (χ2n) is 5.11. The topological polar surface area (TPSA) is 63.9 Å². The summed E-state index contributed by atoms with van der Waals surface area (Å²) in [6.07, 6.45) is 0. The minimum absolute atomic E-state index is 0.0240. The third kappa shape index (κ3) is 4.11. The zero-order valence-corrected chi connectivity index (χ0v) is 15.0. The number of hydrogen-bond acceptors (Lipinski definition) is 5. The summed E-state index contributed by atoms with van der Waals surface area (Å²) in [5, 5.41) is 12.8. The third-order valence-corrected chi connectivity index (χ3v) is 4.75. The Balaban J connectivity index is 1.63. The molecule has 24 heavy (non-hydrogen) atoms. The van der Waals surface area contributed by atoms with Gasteiger partial charge in [0.25, 0.3) is 0 Å². The molecule has 0 fully saturated rings. The first-order valence-corrected chi connectivity index (χ1v) is 8.60. The quantitative estimate of drug-likeness (QED) is 0.679. The second kappa shape index (κ2) is 7.29. The van der Waals surface area contributed by atoms with Crippen LogP contribution in [0.15, 0.2) is 36.4 Å². The third-order valence-electron chi connectivity index (χ3n) is 3.28. The summed E-state index contributed by atoms with van der Waals surface area (Å²) in [7, 11) is 1.73. The monoisotopic (exact) mass is 381 g/mol. The molecule has 0 saturated heterocycles. The van der Waals surface area contributed by atoms with E-state index in [1.165, 1.54) is 16.1 Å².